The van der Waals surface area contributed by atoms with Gasteiger partial charge in [-0.15, -0.1) is 0 Å². The van der Waals surface area contributed by atoms with Crippen LogP contribution in [0.5, 0.6) is 5.75 Å². The summed E-state index contributed by atoms with van der Waals surface area (Å²) in [4.78, 5) is 35.8. The first-order chi connectivity index (χ1) is 17.6. The highest BCUT2D eigenvalue weighted by atomic mass is 16.5. The smallest absolute Gasteiger partial charge is 0.260 e. The van der Waals surface area contributed by atoms with Gasteiger partial charge in [-0.25, -0.2) is 4.98 Å². The highest BCUT2D eigenvalue weighted by molar-refractivity contribution is 6.10. The van der Waals surface area contributed by atoms with Crippen LogP contribution in [-0.2, 0) is 9.53 Å². The van der Waals surface area contributed by atoms with Gasteiger partial charge in [0.2, 0.25) is 5.91 Å². The minimum Gasteiger partial charge on any atom is -0.497 e. The standard InChI is InChI=1S/C28H32N4O4/c1-35-19-16-29-27(33)26(21-8-4-3-5-9-21)32(23-11-13-24(36-2)14-12-23)28(34)22-10-15-25(30-20-22)31-17-6-7-18-31/h3-5,8-15,20,26H,6-7,16-19H2,1-2H3,(H,29,33). The van der Waals surface area contributed by atoms with Crippen molar-refractivity contribution in [3.05, 3.63) is 84.1 Å². The molecule has 2 heterocycles. The van der Waals surface area contributed by atoms with E-state index in [4.69, 9.17) is 9.47 Å². The Bertz CT molecular complexity index is 1130. The Morgan fingerprint density at radius 1 is 1.00 bits per heavy atom. The van der Waals surface area contributed by atoms with Crippen LogP contribution in [0.15, 0.2) is 72.9 Å². The van der Waals surface area contributed by atoms with Gasteiger partial charge in [0, 0.05) is 38.6 Å². The molecule has 4 rings (SSSR count). The van der Waals surface area contributed by atoms with Gasteiger partial charge in [0.25, 0.3) is 5.91 Å². The number of anilines is 2. The normalized spacial score (nSPS) is 13.8. The van der Waals surface area contributed by atoms with Crippen LogP contribution in [0.2, 0.25) is 0 Å². The molecule has 8 nitrogen and oxygen atoms in total. The maximum atomic E-state index is 14.0. The Morgan fingerprint density at radius 2 is 1.72 bits per heavy atom. The molecule has 1 saturated heterocycles. The molecular formula is C28H32N4O4. The van der Waals surface area contributed by atoms with Crippen molar-refractivity contribution in [1.82, 2.24) is 10.3 Å². The number of hydrogen-bond acceptors (Lipinski definition) is 6. The fourth-order valence-corrected chi connectivity index (χ4v) is 4.34. The number of benzene rings is 2. The number of nitrogens with zero attached hydrogens (tertiary/aromatic N) is 3. The van der Waals surface area contributed by atoms with Crippen molar-refractivity contribution < 1.29 is 19.1 Å². The number of nitrogens with one attached hydrogen (secondary N) is 1. The van der Waals surface area contributed by atoms with E-state index in [1.54, 1.807) is 50.7 Å². The third kappa shape index (κ3) is 5.83. The van der Waals surface area contributed by atoms with Crippen molar-refractivity contribution in [2.24, 2.45) is 0 Å². The van der Waals surface area contributed by atoms with Gasteiger partial charge in [0.1, 0.15) is 17.6 Å². The summed E-state index contributed by atoms with van der Waals surface area (Å²) in [7, 11) is 3.16. The lowest BCUT2D eigenvalue weighted by Gasteiger charge is -2.31. The Kier molecular flexibility index (Phi) is 8.52. The molecule has 3 aromatic rings. The number of ether oxygens (including phenoxy) is 2. The van der Waals surface area contributed by atoms with Crippen LogP contribution in [0.3, 0.4) is 0 Å². The van der Waals surface area contributed by atoms with Crippen molar-refractivity contribution in [2.45, 2.75) is 18.9 Å². The zero-order chi connectivity index (χ0) is 25.3. The molecule has 1 aliphatic rings. The van der Waals surface area contributed by atoms with Crippen LogP contribution in [0.1, 0.15) is 34.8 Å². The number of carbonyl (C=O) groups excluding carboxylic acids is 2. The van der Waals surface area contributed by atoms with E-state index in [1.807, 2.05) is 36.4 Å². The Hall–Kier alpha value is -3.91. The quantitative estimate of drug-likeness (QED) is 0.437. The van der Waals surface area contributed by atoms with E-state index in [0.29, 0.717) is 35.7 Å². The van der Waals surface area contributed by atoms with Crippen LogP contribution < -0.4 is 19.9 Å². The highest BCUT2D eigenvalue weighted by Gasteiger charge is 2.33. The fourth-order valence-electron chi connectivity index (χ4n) is 4.34. The van der Waals surface area contributed by atoms with Gasteiger partial charge in [-0.05, 0) is 54.8 Å². The van der Waals surface area contributed by atoms with Crippen molar-refractivity contribution in [3.63, 3.8) is 0 Å². The van der Waals surface area contributed by atoms with Crippen molar-refractivity contribution in [2.75, 3.05) is 50.3 Å². The first kappa shape index (κ1) is 25.2. The lowest BCUT2D eigenvalue weighted by Crippen LogP contribution is -2.44. The summed E-state index contributed by atoms with van der Waals surface area (Å²) in [6.45, 7) is 2.63. The number of methoxy groups -OCH3 is 2. The number of rotatable bonds is 10. The van der Waals surface area contributed by atoms with Gasteiger partial charge in [0.05, 0.1) is 19.3 Å². The summed E-state index contributed by atoms with van der Waals surface area (Å²) < 4.78 is 10.4. The monoisotopic (exact) mass is 488 g/mol. The lowest BCUT2D eigenvalue weighted by molar-refractivity contribution is -0.122. The molecule has 0 radical (unpaired) electrons. The molecule has 1 aromatic heterocycles. The zero-order valence-corrected chi connectivity index (χ0v) is 20.7. The van der Waals surface area contributed by atoms with Gasteiger partial charge < -0.3 is 19.7 Å². The summed E-state index contributed by atoms with van der Waals surface area (Å²) in [6, 6.07) is 19.1. The van der Waals surface area contributed by atoms with Gasteiger partial charge in [-0.1, -0.05) is 30.3 Å². The molecular weight excluding hydrogens is 456 g/mol. The fraction of sp³-hybridized carbons (Fsp3) is 0.321. The molecule has 2 aromatic carbocycles. The molecule has 1 atom stereocenters. The number of amides is 2. The van der Waals surface area contributed by atoms with E-state index < -0.39 is 6.04 Å². The van der Waals surface area contributed by atoms with Crippen LogP contribution >= 0.6 is 0 Å². The molecule has 188 valence electrons. The second-order valence-electron chi connectivity index (χ2n) is 8.57. The Morgan fingerprint density at radius 3 is 2.33 bits per heavy atom. The molecule has 0 saturated carbocycles. The number of pyridine rings is 1. The van der Waals surface area contributed by atoms with Crippen LogP contribution in [-0.4, -0.2) is 57.3 Å². The maximum absolute atomic E-state index is 14.0. The summed E-state index contributed by atoms with van der Waals surface area (Å²) in [5, 5.41) is 2.90. The Balaban J connectivity index is 1.73. The van der Waals surface area contributed by atoms with Crippen LogP contribution in [0, 0.1) is 0 Å². The van der Waals surface area contributed by atoms with E-state index in [-0.39, 0.29) is 11.8 Å². The van der Waals surface area contributed by atoms with Gasteiger partial charge >= 0.3 is 0 Å². The van der Waals surface area contributed by atoms with Crippen LogP contribution in [0.25, 0.3) is 0 Å². The SMILES string of the molecule is COCCNC(=O)C(c1ccccc1)N(C(=O)c1ccc(N2CCCC2)nc1)c1ccc(OC)cc1. The summed E-state index contributed by atoms with van der Waals surface area (Å²) in [5.41, 5.74) is 1.66. The summed E-state index contributed by atoms with van der Waals surface area (Å²) >= 11 is 0. The minimum atomic E-state index is -0.901. The first-order valence-corrected chi connectivity index (χ1v) is 12.1. The number of hydrogen-bond donors (Lipinski definition) is 1. The van der Waals surface area contributed by atoms with E-state index >= 15 is 0 Å². The maximum Gasteiger partial charge on any atom is 0.260 e. The zero-order valence-electron chi connectivity index (χ0n) is 20.7. The van der Waals surface area contributed by atoms with Gasteiger partial charge in [-0.3, -0.25) is 14.5 Å². The average molecular weight is 489 g/mol. The third-order valence-electron chi connectivity index (χ3n) is 6.22. The lowest BCUT2D eigenvalue weighted by atomic mass is 10.0. The van der Waals surface area contributed by atoms with Crippen LogP contribution in [0.4, 0.5) is 11.5 Å². The minimum absolute atomic E-state index is 0.302. The number of aromatic nitrogens is 1. The molecule has 2 amide bonds. The molecule has 0 spiro atoms. The average Bonchev–Trinajstić information content (AvgIpc) is 3.47. The Labute approximate surface area is 211 Å². The van der Waals surface area contributed by atoms with E-state index in [2.05, 4.69) is 15.2 Å². The first-order valence-electron chi connectivity index (χ1n) is 12.1. The summed E-state index contributed by atoms with van der Waals surface area (Å²) in [5.74, 6) is 0.890. The highest BCUT2D eigenvalue weighted by Crippen LogP contribution is 2.31. The third-order valence-corrected chi connectivity index (χ3v) is 6.22. The largest absolute Gasteiger partial charge is 0.497 e. The molecule has 1 aliphatic heterocycles. The number of carbonyl (C=O) groups is 2. The molecule has 1 fully saturated rings. The topological polar surface area (TPSA) is 84.0 Å². The van der Waals surface area contributed by atoms with Crippen molar-refractivity contribution in [1.29, 1.82) is 0 Å². The van der Waals surface area contributed by atoms with E-state index in [9.17, 15) is 9.59 Å². The predicted octanol–water partition coefficient (Wildman–Crippen LogP) is 3.84. The molecule has 0 bridgehead atoms. The van der Waals surface area contributed by atoms with Gasteiger partial charge in [0.15, 0.2) is 0 Å². The van der Waals surface area contributed by atoms with Gasteiger partial charge in [-0.2, -0.15) is 0 Å². The van der Waals surface area contributed by atoms with Crippen molar-refractivity contribution in [3.8, 4) is 5.75 Å². The molecule has 1 N–H and O–H groups in total. The van der Waals surface area contributed by atoms with E-state index in [0.717, 1.165) is 31.7 Å². The molecule has 8 heteroatoms. The molecule has 1 unspecified atom stereocenters. The van der Waals surface area contributed by atoms with E-state index in [1.165, 1.54) is 4.90 Å². The predicted molar refractivity (Wildman–Crippen MR) is 140 cm³/mol. The second kappa shape index (κ2) is 12.2. The summed E-state index contributed by atoms with van der Waals surface area (Å²) in [6.07, 6.45) is 3.88. The molecule has 0 aliphatic carbocycles. The van der Waals surface area contributed by atoms with Crippen molar-refractivity contribution >= 4 is 23.3 Å². The molecule has 36 heavy (non-hydrogen) atoms. The second-order valence-corrected chi connectivity index (χ2v) is 8.57.